The molecule has 1 aliphatic heterocycles. The summed E-state index contributed by atoms with van der Waals surface area (Å²) in [5.41, 5.74) is 1.02. The monoisotopic (exact) mass is 123 g/mol. The first-order chi connectivity index (χ1) is 4.47. The quantitative estimate of drug-likeness (QED) is 0.413. The van der Waals surface area contributed by atoms with E-state index >= 15 is 0 Å². The highest BCUT2D eigenvalue weighted by molar-refractivity contribution is 5.12. The Morgan fingerprint density at radius 1 is 1.22 bits per heavy atom. The molecule has 0 saturated carbocycles. The molecule has 2 heterocycles. The van der Waals surface area contributed by atoms with Crippen molar-refractivity contribution in [3.8, 4) is 0 Å². The third kappa shape index (κ3) is 0.918. The summed E-state index contributed by atoms with van der Waals surface area (Å²) in [6.07, 6.45) is 3.29. The lowest BCUT2D eigenvalue weighted by atomic mass is 10.3. The minimum Gasteiger partial charge on any atom is -0.265 e. The zero-order valence-corrected chi connectivity index (χ0v) is 4.65. The minimum absolute atomic E-state index is 0.131. The minimum atomic E-state index is -0.131. The molecule has 0 radical (unpaired) electrons. The molecule has 1 aromatic heterocycles. The highest BCUT2D eigenvalue weighted by Gasteiger charge is 2.27. The van der Waals surface area contributed by atoms with Crippen molar-refractivity contribution in [1.29, 1.82) is 0 Å². The van der Waals surface area contributed by atoms with Gasteiger partial charge >= 0.3 is 0 Å². The second kappa shape index (κ2) is 1.79. The van der Waals surface area contributed by atoms with Crippen molar-refractivity contribution >= 4 is 0 Å². The van der Waals surface area contributed by atoms with E-state index in [1.807, 2.05) is 12.1 Å². The van der Waals surface area contributed by atoms with Gasteiger partial charge in [-0.15, -0.1) is 0 Å². The van der Waals surface area contributed by atoms with Crippen molar-refractivity contribution in [3.05, 3.63) is 30.1 Å². The first-order valence-electron chi connectivity index (χ1n) is 2.69. The van der Waals surface area contributed by atoms with Gasteiger partial charge in [0, 0.05) is 18.0 Å². The number of nitrogens with zero attached hydrogens (tertiary/aromatic N) is 1. The van der Waals surface area contributed by atoms with Crippen LogP contribution in [-0.2, 0) is 9.78 Å². The van der Waals surface area contributed by atoms with E-state index < -0.39 is 0 Å². The first kappa shape index (κ1) is 4.90. The van der Waals surface area contributed by atoms with Gasteiger partial charge in [-0.3, -0.25) is 4.98 Å². The molecule has 3 nitrogen and oxygen atoms in total. The lowest BCUT2D eigenvalue weighted by molar-refractivity contribution is 0.0850. The molecule has 3 heteroatoms. The SMILES string of the molecule is c1cc(C2OO2)ccn1. The van der Waals surface area contributed by atoms with E-state index in [-0.39, 0.29) is 6.29 Å². The van der Waals surface area contributed by atoms with E-state index in [1.165, 1.54) is 0 Å². The predicted molar refractivity (Wildman–Crippen MR) is 29.1 cm³/mol. The Bertz CT molecular complexity index is 195. The van der Waals surface area contributed by atoms with Crippen LogP contribution < -0.4 is 0 Å². The Morgan fingerprint density at radius 2 is 1.89 bits per heavy atom. The van der Waals surface area contributed by atoms with Crippen LogP contribution in [0, 0.1) is 0 Å². The number of hydrogen-bond donors (Lipinski definition) is 0. The zero-order chi connectivity index (χ0) is 6.10. The second-order valence-electron chi connectivity index (χ2n) is 1.80. The normalized spacial score (nSPS) is 17.8. The van der Waals surface area contributed by atoms with Crippen molar-refractivity contribution in [1.82, 2.24) is 4.98 Å². The third-order valence-corrected chi connectivity index (χ3v) is 1.17. The maximum absolute atomic E-state index is 4.57. The molecule has 1 aliphatic rings. The summed E-state index contributed by atoms with van der Waals surface area (Å²) in [6.45, 7) is 0. The van der Waals surface area contributed by atoms with E-state index in [0.717, 1.165) is 5.56 Å². The van der Waals surface area contributed by atoms with Crippen LogP contribution in [0.1, 0.15) is 11.9 Å². The Balaban J connectivity index is 2.29. The van der Waals surface area contributed by atoms with Crippen LogP contribution in [0.2, 0.25) is 0 Å². The second-order valence-corrected chi connectivity index (χ2v) is 1.80. The largest absolute Gasteiger partial charge is 0.265 e. The summed E-state index contributed by atoms with van der Waals surface area (Å²) >= 11 is 0. The van der Waals surface area contributed by atoms with Gasteiger partial charge in [0.25, 0.3) is 0 Å². The van der Waals surface area contributed by atoms with E-state index in [0.29, 0.717) is 0 Å². The van der Waals surface area contributed by atoms with Crippen LogP contribution in [0.15, 0.2) is 24.5 Å². The topological polar surface area (TPSA) is 38.0 Å². The fraction of sp³-hybridized carbons (Fsp3) is 0.167. The molecule has 0 unspecified atom stereocenters. The number of rotatable bonds is 1. The van der Waals surface area contributed by atoms with Gasteiger partial charge in [-0.2, -0.15) is 9.78 Å². The summed E-state index contributed by atoms with van der Waals surface area (Å²) in [5, 5.41) is 0. The van der Waals surface area contributed by atoms with Crippen molar-refractivity contribution in [3.63, 3.8) is 0 Å². The van der Waals surface area contributed by atoms with Gasteiger partial charge in [0.15, 0.2) is 0 Å². The van der Waals surface area contributed by atoms with E-state index in [4.69, 9.17) is 0 Å². The smallest absolute Gasteiger partial charge is 0.249 e. The lowest BCUT2D eigenvalue weighted by Gasteiger charge is -1.85. The molecule has 1 aromatic rings. The Morgan fingerprint density at radius 3 is 2.44 bits per heavy atom. The predicted octanol–water partition coefficient (Wildman–Crippen LogP) is 1.04. The lowest BCUT2D eigenvalue weighted by Crippen LogP contribution is -1.77. The summed E-state index contributed by atoms with van der Waals surface area (Å²) in [6, 6.07) is 3.72. The van der Waals surface area contributed by atoms with Crippen LogP contribution in [0.4, 0.5) is 0 Å². The highest BCUT2D eigenvalue weighted by atomic mass is 17.4. The van der Waals surface area contributed by atoms with Crippen molar-refractivity contribution in [2.24, 2.45) is 0 Å². The summed E-state index contributed by atoms with van der Waals surface area (Å²) < 4.78 is 0. The molecular weight excluding hydrogens is 118 g/mol. The van der Waals surface area contributed by atoms with Crippen LogP contribution in [-0.4, -0.2) is 4.98 Å². The van der Waals surface area contributed by atoms with Crippen LogP contribution in [0.5, 0.6) is 0 Å². The summed E-state index contributed by atoms with van der Waals surface area (Å²) in [7, 11) is 0. The molecule has 0 spiro atoms. The van der Waals surface area contributed by atoms with E-state index in [2.05, 4.69) is 14.8 Å². The van der Waals surface area contributed by atoms with Crippen LogP contribution in [0.25, 0.3) is 0 Å². The van der Waals surface area contributed by atoms with Gasteiger partial charge in [0.2, 0.25) is 6.29 Å². The van der Waals surface area contributed by atoms with Crippen LogP contribution >= 0.6 is 0 Å². The van der Waals surface area contributed by atoms with Gasteiger partial charge in [0.05, 0.1) is 0 Å². The van der Waals surface area contributed by atoms with Gasteiger partial charge in [-0.1, -0.05) is 0 Å². The fourth-order valence-electron chi connectivity index (χ4n) is 0.659. The maximum atomic E-state index is 4.57. The molecule has 0 aromatic carbocycles. The molecule has 1 saturated heterocycles. The summed E-state index contributed by atoms with van der Waals surface area (Å²) in [4.78, 5) is 13.0. The van der Waals surface area contributed by atoms with Gasteiger partial charge < -0.3 is 0 Å². The molecule has 0 N–H and O–H groups in total. The van der Waals surface area contributed by atoms with Gasteiger partial charge in [0.1, 0.15) is 0 Å². The van der Waals surface area contributed by atoms with E-state index in [1.54, 1.807) is 12.4 Å². The number of hydrogen-bond acceptors (Lipinski definition) is 3. The number of aromatic nitrogens is 1. The first-order valence-corrected chi connectivity index (χ1v) is 2.69. The van der Waals surface area contributed by atoms with E-state index in [9.17, 15) is 0 Å². The molecule has 46 valence electrons. The molecular formula is C6H5NO2. The maximum Gasteiger partial charge on any atom is 0.249 e. The average Bonchev–Trinajstić information content (AvgIpc) is 2.71. The molecule has 0 bridgehead atoms. The molecule has 0 amide bonds. The fourth-order valence-corrected chi connectivity index (χ4v) is 0.659. The Labute approximate surface area is 52.2 Å². The summed E-state index contributed by atoms with van der Waals surface area (Å²) in [5.74, 6) is 0. The molecule has 0 atom stereocenters. The molecule has 1 fully saturated rings. The molecule has 2 rings (SSSR count). The third-order valence-electron chi connectivity index (χ3n) is 1.17. The average molecular weight is 123 g/mol. The van der Waals surface area contributed by atoms with Crippen molar-refractivity contribution < 1.29 is 9.78 Å². The molecule has 0 aliphatic carbocycles. The Hall–Kier alpha value is -0.930. The zero-order valence-electron chi connectivity index (χ0n) is 4.65. The van der Waals surface area contributed by atoms with Gasteiger partial charge in [-0.05, 0) is 12.1 Å². The van der Waals surface area contributed by atoms with Gasteiger partial charge in [-0.25, -0.2) is 0 Å². The van der Waals surface area contributed by atoms with Crippen molar-refractivity contribution in [2.75, 3.05) is 0 Å². The Kier molecular flexibility index (Phi) is 0.974. The van der Waals surface area contributed by atoms with Crippen LogP contribution in [0.3, 0.4) is 0 Å². The van der Waals surface area contributed by atoms with Crippen molar-refractivity contribution in [2.45, 2.75) is 6.29 Å². The highest BCUT2D eigenvalue weighted by Crippen LogP contribution is 2.30. The molecule has 9 heavy (non-hydrogen) atoms. The number of pyridine rings is 1. The standard InChI is InChI=1S/C6H5NO2/c1-3-7-4-2-5(1)6-8-9-6/h1-4,6H.